The van der Waals surface area contributed by atoms with Crippen molar-refractivity contribution in [3.05, 3.63) is 48.7 Å². The smallest absolute Gasteiger partial charge is 0.0999 e. The second kappa shape index (κ2) is 3.43. The van der Waals surface area contributed by atoms with Gasteiger partial charge in [-0.3, -0.25) is 10.2 Å². The van der Waals surface area contributed by atoms with Gasteiger partial charge in [0.05, 0.1) is 22.9 Å². The number of hydrogen-bond acceptors (Lipinski definition) is 2. The maximum absolute atomic E-state index is 4.40. The maximum atomic E-state index is 4.40. The van der Waals surface area contributed by atoms with E-state index in [0.717, 1.165) is 33.1 Å². The highest BCUT2D eigenvalue weighted by atomic mass is 15.1. The van der Waals surface area contributed by atoms with Gasteiger partial charge in [0.1, 0.15) is 0 Å². The number of H-pyrrole nitrogens is 2. The molecule has 4 rings (SSSR count). The predicted molar refractivity (Wildman–Crippen MR) is 71.2 cm³/mol. The molecule has 0 saturated carbocycles. The molecule has 0 fully saturated rings. The summed E-state index contributed by atoms with van der Waals surface area (Å²) in [5.41, 5.74) is 4.17. The van der Waals surface area contributed by atoms with Crippen LogP contribution in [0, 0.1) is 0 Å². The molecule has 2 aromatic heterocycles. The fraction of sp³-hybridized carbons (Fsp3) is 0. The quantitative estimate of drug-likeness (QED) is 0.531. The van der Waals surface area contributed by atoms with Gasteiger partial charge < -0.3 is 0 Å². The summed E-state index contributed by atoms with van der Waals surface area (Å²) in [7, 11) is 0. The Morgan fingerprint density at radius 1 is 0.889 bits per heavy atom. The fourth-order valence-corrected chi connectivity index (χ4v) is 2.27. The molecule has 0 aliphatic heterocycles. The van der Waals surface area contributed by atoms with E-state index in [1.54, 1.807) is 0 Å². The number of fused-ring (bicyclic) bond motifs is 2. The van der Waals surface area contributed by atoms with Crippen molar-refractivity contribution in [3.63, 3.8) is 0 Å². The zero-order chi connectivity index (χ0) is 11.9. The average Bonchev–Trinajstić information content (AvgIpc) is 3.04. The minimum atomic E-state index is 0.980. The zero-order valence-corrected chi connectivity index (χ0v) is 9.51. The standard InChI is InChI=1S/C14H10N4/c1-2-4-13-11(3-1)14(18-17-13)9-5-6-12-10(7-9)8-15-16-12/h1-8H,(H,15,16)(H,17,18). The first-order valence-corrected chi connectivity index (χ1v) is 5.78. The van der Waals surface area contributed by atoms with Crippen molar-refractivity contribution >= 4 is 21.8 Å². The van der Waals surface area contributed by atoms with Gasteiger partial charge in [-0.25, -0.2) is 0 Å². The normalized spacial score (nSPS) is 11.3. The van der Waals surface area contributed by atoms with Crippen molar-refractivity contribution in [3.8, 4) is 11.3 Å². The lowest BCUT2D eigenvalue weighted by atomic mass is 10.1. The van der Waals surface area contributed by atoms with E-state index in [2.05, 4.69) is 38.6 Å². The lowest BCUT2D eigenvalue weighted by molar-refractivity contribution is 1.12. The molecule has 2 aromatic carbocycles. The third-order valence-electron chi connectivity index (χ3n) is 3.18. The molecule has 0 amide bonds. The molecule has 0 unspecified atom stereocenters. The molecule has 0 aliphatic rings. The first-order chi connectivity index (χ1) is 8.92. The molecule has 4 aromatic rings. The largest absolute Gasteiger partial charge is 0.278 e. The molecule has 0 bridgehead atoms. The Kier molecular flexibility index (Phi) is 1.80. The van der Waals surface area contributed by atoms with E-state index in [1.807, 2.05) is 30.5 Å². The summed E-state index contributed by atoms with van der Waals surface area (Å²) in [4.78, 5) is 0. The van der Waals surface area contributed by atoms with Crippen LogP contribution in [-0.2, 0) is 0 Å². The van der Waals surface area contributed by atoms with Crippen LogP contribution in [-0.4, -0.2) is 20.4 Å². The number of para-hydroxylation sites is 1. The van der Waals surface area contributed by atoms with E-state index in [9.17, 15) is 0 Å². The monoisotopic (exact) mass is 234 g/mol. The molecule has 4 nitrogen and oxygen atoms in total. The van der Waals surface area contributed by atoms with Crippen molar-refractivity contribution in [2.45, 2.75) is 0 Å². The highest BCUT2D eigenvalue weighted by Crippen LogP contribution is 2.27. The summed E-state index contributed by atoms with van der Waals surface area (Å²) >= 11 is 0. The van der Waals surface area contributed by atoms with Gasteiger partial charge in [0.25, 0.3) is 0 Å². The van der Waals surface area contributed by atoms with Gasteiger partial charge in [-0.15, -0.1) is 0 Å². The minimum absolute atomic E-state index is 0.980. The van der Waals surface area contributed by atoms with Gasteiger partial charge in [0.2, 0.25) is 0 Å². The molecule has 18 heavy (non-hydrogen) atoms. The number of aromatic amines is 2. The first-order valence-electron chi connectivity index (χ1n) is 5.78. The van der Waals surface area contributed by atoms with Crippen LogP contribution in [0.2, 0.25) is 0 Å². The molecular weight excluding hydrogens is 224 g/mol. The number of aromatic nitrogens is 4. The summed E-state index contributed by atoms with van der Waals surface area (Å²) < 4.78 is 0. The van der Waals surface area contributed by atoms with Crippen LogP contribution in [0.4, 0.5) is 0 Å². The molecule has 0 saturated heterocycles. The van der Waals surface area contributed by atoms with Crippen LogP contribution in [0.25, 0.3) is 33.1 Å². The topological polar surface area (TPSA) is 57.4 Å². The second-order valence-corrected chi connectivity index (χ2v) is 4.29. The van der Waals surface area contributed by atoms with Crippen LogP contribution in [0.5, 0.6) is 0 Å². The predicted octanol–water partition coefficient (Wildman–Crippen LogP) is 3.11. The van der Waals surface area contributed by atoms with E-state index in [0.29, 0.717) is 0 Å². The van der Waals surface area contributed by atoms with Crippen LogP contribution < -0.4 is 0 Å². The second-order valence-electron chi connectivity index (χ2n) is 4.29. The third kappa shape index (κ3) is 1.26. The van der Waals surface area contributed by atoms with Gasteiger partial charge in [-0.05, 0) is 18.2 Å². The highest BCUT2D eigenvalue weighted by Gasteiger charge is 2.08. The Bertz CT molecular complexity index is 841. The molecule has 2 heterocycles. The SMILES string of the molecule is c1ccc2c(-c3ccc4[nH]ncc4c3)n[nH]c2c1. The Hall–Kier alpha value is -2.62. The molecule has 2 N–H and O–H groups in total. The fourth-order valence-electron chi connectivity index (χ4n) is 2.27. The van der Waals surface area contributed by atoms with Crippen LogP contribution in [0.1, 0.15) is 0 Å². The summed E-state index contributed by atoms with van der Waals surface area (Å²) in [5, 5.41) is 16.7. The number of hydrogen-bond donors (Lipinski definition) is 2. The maximum Gasteiger partial charge on any atom is 0.0999 e. The Morgan fingerprint density at radius 3 is 2.83 bits per heavy atom. The molecule has 4 heteroatoms. The number of rotatable bonds is 1. The van der Waals surface area contributed by atoms with Gasteiger partial charge >= 0.3 is 0 Å². The molecule has 0 atom stereocenters. The number of benzene rings is 2. The van der Waals surface area contributed by atoms with E-state index in [-0.39, 0.29) is 0 Å². The van der Waals surface area contributed by atoms with E-state index in [1.165, 1.54) is 0 Å². The van der Waals surface area contributed by atoms with Gasteiger partial charge in [0.15, 0.2) is 0 Å². The number of nitrogens with one attached hydrogen (secondary N) is 2. The van der Waals surface area contributed by atoms with Gasteiger partial charge in [-0.2, -0.15) is 10.2 Å². The van der Waals surface area contributed by atoms with Crippen molar-refractivity contribution in [1.82, 2.24) is 20.4 Å². The molecule has 0 aliphatic carbocycles. The lowest BCUT2D eigenvalue weighted by Crippen LogP contribution is -1.79. The molecular formula is C14H10N4. The summed E-state index contributed by atoms with van der Waals surface area (Å²) in [6.45, 7) is 0. The van der Waals surface area contributed by atoms with Crippen molar-refractivity contribution in [2.75, 3.05) is 0 Å². The molecule has 86 valence electrons. The average molecular weight is 234 g/mol. The zero-order valence-electron chi connectivity index (χ0n) is 9.51. The Labute approximate surface area is 103 Å². The van der Waals surface area contributed by atoms with Gasteiger partial charge in [0, 0.05) is 16.3 Å². The molecule has 0 spiro atoms. The van der Waals surface area contributed by atoms with Crippen molar-refractivity contribution in [1.29, 1.82) is 0 Å². The Morgan fingerprint density at radius 2 is 1.83 bits per heavy atom. The third-order valence-corrected chi connectivity index (χ3v) is 3.18. The number of nitrogens with zero attached hydrogens (tertiary/aromatic N) is 2. The molecule has 0 radical (unpaired) electrons. The highest BCUT2D eigenvalue weighted by molar-refractivity contribution is 5.95. The van der Waals surface area contributed by atoms with Crippen LogP contribution in [0.15, 0.2) is 48.7 Å². The van der Waals surface area contributed by atoms with E-state index >= 15 is 0 Å². The minimum Gasteiger partial charge on any atom is -0.278 e. The van der Waals surface area contributed by atoms with Gasteiger partial charge in [-0.1, -0.05) is 24.3 Å². The lowest BCUT2D eigenvalue weighted by Gasteiger charge is -1.98. The summed E-state index contributed by atoms with van der Waals surface area (Å²) in [6.07, 6.45) is 1.83. The van der Waals surface area contributed by atoms with Crippen LogP contribution in [0.3, 0.4) is 0 Å². The van der Waals surface area contributed by atoms with Crippen molar-refractivity contribution < 1.29 is 0 Å². The summed E-state index contributed by atoms with van der Waals surface area (Å²) in [5.74, 6) is 0. The Balaban J connectivity index is 2.00. The van der Waals surface area contributed by atoms with E-state index < -0.39 is 0 Å². The first kappa shape index (κ1) is 9.41. The van der Waals surface area contributed by atoms with E-state index in [4.69, 9.17) is 0 Å². The van der Waals surface area contributed by atoms with Crippen LogP contribution >= 0.6 is 0 Å². The summed E-state index contributed by atoms with van der Waals surface area (Å²) in [6, 6.07) is 14.3. The van der Waals surface area contributed by atoms with Crippen molar-refractivity contribution in [2.24, 2.45) is 0 Å².